The maximum atomic E-state index is 9.24. The Morgan fingerprint density at radius 3 is 2.68 bits per heavy atom. The van der Waals surface area contributed by atoms with Crippen molar-refractivity contribution in [2.45, 2.75) is 45.2 Å². The summed E-state index contributed by atoms with van der Waals surface area (Å²) in [6, 6.07) is 8.67. The maximum Gasteiger partial charge on any atom is 0.0991 e. The highest BCUT2D eigenvalue weighted by Gasteiger charge is 2.22. The van der Waals surface area contributed by atoms with Crippen molar-refractivity contribution >= 4 is 0 Å². The van der Waals surface area contributed by atoms with Gasteiger partial charge < -0.3 is 5.11 Å². The van der Waals surface area contributed by atoms with Crippen molar-refractivity contribution in [2.75, 3.05) is 13.2 Å². The van der Waals surface area contributed by atoms with E-state index in [1.807, 2.05) is 18.2 Å². The van der Waals surface area contributed by atoms with Gasteiger partial charge in [0.15, 0.2) is 0 Å². The highest BCUT2D eigenvalue weighted by atomic mass is 16.3. The monoisotopic (exact) mass is 258 g/mol. The van der Waals surface area contributed by atoms with E-state index in [9.17, 15) is 5.11 Å². The Kier molecular flexibility index (Phi) is 4.95. The van der Waals surface area contributed by atoms with E-state index in [0.717, 1.165) is 18.7 Å². The van der Waals surface area contributed by atoms with E-state index in [0.29, 0.717) is 6.04 Å². The van der Waals surface area contributed by atoms with Crippen LogP contribution >= 0.6 is 0 Å². The smallest absolute Gasteiger partial charge is 0.0991 e. The zero-order chi connectivity index (χ0) is 13.7. The van der Waals surface area contributed by atoms with Crippen LogP contribution in [-0.2, 0) is 6.54 Å². The summed E-state index contributed by atoms with van der Waals surface area (Å²) in [5.74, 6) is 0. The van der Waals surface area contributed by atoms with Crippen LogP contribution in [0.3, 0.4) is 0 Å². The number of nitrogens with zero attached hydrogens (tertiary/aromatic N) is 2. The molecule has 0 atom stereocenters. The lowest BCUT2D eigenvalue weighted by atomic mass is 10.0. The highest BCUT2D eigenvalue weighted by molar-refractivity contribution is 5.37. The molecule has 19 heavy (non-hydrogen) atoms. The molecular weight excluding hydrogens is 236 g/mol. The molecule has 2 rings (SSSR count). The van der Waals surface area contributed by atoms with E-state index in [1.165, 1.54) is 36.8 Å². The number of aliphatic hydroxyl groups is 1. The van der Waals surface area contributed by atoms with Gasteiger partial charge in [-0.15, -0.1) is 0 Å². The molecule has 0 spiro atoms. The van der Waals surface area contributed by atoms with Gasteiger partial charge in [0, 0.05) is 19.1 Å². The number of nitriles is 1. The molecule has 1 aromatic carbocycles. The third-order valence-electron chi connectivity index (χ3n) is 4.07. The Labute approximate surface area is 115 Å². The van der Waals surface area contributed by atoms with Gasteiger partial charge in [0.1, 0.15) is 0 Å². The summed E-state index contributed by atoms with van der Waals surface area (Å²) >= 11 is 0. The minimum Gasteiger partial charge on any atom is -0.395 e. The van der Waals surface area contributed by atoms with Gasteiger partial charge in [0.2, 0.25) is 0 Å². The van der Waals surface area contributed by atoms with Crippen LogP contribution in [0, 0.1) is 18.3 Å². The molecule has 3 heteroatoms. The first-order valence-electron chi connectivity index (χ1n) is 7.09. The molecule has 3 nitrogen and oxygen atoms in total. The molecule has 1 fully saturated rings. The molecule has 0 aromatic heterocycles. The topological polar surface area (TPSA) is 47.3 Å². The lowest BCUT2D eigenvalue weighted by molar-refractivity contribution is 0.144. The van der Waals surface area contributed by atoms with Gasteiger partial charge in [0.25, 0.3) is 0 Å². The van der Waals surface area contributed by atoms with Crippen molar-refractivity contribution in [3.8, 4) is 6.07 Å². The SMILES string of the molecule is Cc1cc(C#N)ccc1CN(CCO)C1CCCC1. The first-order valence-corrected chi connectivity index (χ1v) is 7.09. The summed E-state index contributed by atoms with van der Waals surface area (Å²) in [4.78, 5) is 2.39. The van der Waals surface area contributed by atoms with Gasteiger partial charge in [-0.25, -0.2) is 0 Å². The molecule has 0 unspecified atom stereocenters. The Balaban J connectivity index is 2.10. The quantitative estimate of drug-likeness (QED) is 0.883. The minimum absolute atomic E-state index is 0.214. The number of hydrogen-bond donors (Lipinski definition) is 1. The van der Waals surface area contributed by atoms with E-state index in [1.54, 1.807) is 0 Å². The van der Waals surface area contributed by atoms with Gasteiger partial charge in [-0.2, -0.15) is 5.26 Å². The van der Waals surface area contributed by atoms with Crippen LogP contribution in [0.5, 0.6) is 0 Å². The average molecular weight is 258 g/mol. The van der Waals surface area contributed by atoms with E-state index in [-0.39, 0.29) is 6.61 Å². The molecule has 1 saturated carbocycles. The zero-order valence-corrected chi connectivity index (χ0v) is 11.6. The number of benzene rings is 1. The summed E-state index contributed by atoms with van der Waals surface area (Å²) in [5.41, 5.74) is 3.15. The summed E-state index contributed by atoms with van der Waals surface area (Å²) in [6.07, 6.45) is 5.10. The number of aliphatic hydroxyl groups excluding tert-OH is 1. The number of aryl methyl sites for hydroxylation is 1. The highest BCUT2D eigenvalue weighted by Crippen LogP contribution is 2.25. The van der Waals surface area contributed by atoms with Gasteiger partial charge in [-0.1, -0.05) is 18.9 Å². The zero-order valence-electron chi connectivity index (χ0n) is 11.6. The summed E-state index contributed by atoms with van der Waals surface area (Å²) < 4.78 is 0. The summed E-state index contributed by atoms with van der Waals surface area (Å²) in [6.45, 7) is 3.89. The molecule has 0 bridgehead atoms. The van der Waals surface area contributed by atoms with Crippen molar-refractivity contribution in [2.24, 2.45) is 0 Å². The van der Waals surface area contributed by atoms with Crippen LogP contribution in [-0.4, -0.2) is 29.2 Å². The Hall–Kier alpha value is -1.37. The van der Waals surface area contributed by atoms with Crippen LogP contribution in [0.15, 0.2) is 18.2 Å². The molecule has 1 aliphatic carbocycles. The first-order chi connectivity index (χ1) is 9.24. The third-order valence-corrected chi connectivity index (χ3v) is 4.07. The average Bonchev–Trinajstić information content (AvgIpc) is 2.94. The Morgan fingerprint density at radius 1 is 1.37 bits per heavy atom. The van der Waals surface area contributed by atoms with Crippen molar-refractivity contribution in [1.82, 2.24) is 4.90 Å². The van der Waals surface area contributed by atoms with E-state index in [4.69, 9.17) is 5.26 Å². The molecule has 0 amide bonds. The lowest BCUT2D eigenvalue weighted by Gasteiger charge is -2.28. The second-order valence-corrected chi connectivity index (χ2v) is 5.39. The number of rotatable bonds is 5. The normalized spacial score (nSPS) is 15.9. The maximum absolute atomic E-state index is 9.24. The Bertz CT molecular complexity index is 458. The van der Waals surface area contributed by atoms with Crippen LogP contribution in [0.4, 0.5) is 0 Å². The molecule has 102 valence electrons. The predicted molar refractivity (Wildman–Crippen MR) is 75.6 cm³/mol. The molecule has 1 aromatic rings. The second-order valence-electron chi connectivity index (χ2n) is 5.39. The molecule has 0 radical (unpaired) electrons. The van der Waals surface area contributed by atoms with E-state index in [2.05, 4.69) is 17.9 Å². The van der Waals surface area contributed by atoms with Gasteiger partial charge in [-0.3, -0.25) is 4.90 Å². The van der Waals surface area contributed by atoms with Crippen molar-refractivity contribution in [1.29, 1.82) is 5.26 Å². The Morgan fingerprint density at radius 2 is 2.11 bits per heavy atom. The standard InChI is InChI=1S/C16H22N2O/c1-13-10-14(11-17)6-7-15(13)12-18(8-9-19)16-4-2-3-5-16/h6-7,10,16,19H,2-5,8-9,12H2,1H3. The van der Waals surface area contributed by atoms with Gasteiger partial charge >= 0.3 is 0 Å². The molecule has 1 N–H and O–H groups in total. The van der Waals surface area contributed by atoms with Crippen molar-refractivity contribution in [3.63, 3.8) is 0 Å². The van der Waals surface area contributed by atoms with E-state index >= 15 is 0 Å². The van der Waals surface area contributed by atoms with Crippen LogP contribution in [0.1, 0.15) is 42.4 Å². The van der Waals surface area contributed by atoms with Crippen LogP contribution in [0.2, 0.25) is 0 Å². The largest absolute Gasteiger partial charge is 0.395 e. The van der Waals surface area contributed by atoms with Crippen molar-refractivity contribution < 1.29 is 5.11 Å². The molecule has 0 saturated heterocycles. The van der Waals surface area contributed by atoms with E-state index < -0.39 is 0 Å². The minimum atomic E-state index is 0.214. The summed E-state index contributed by atoms with van der Waals surface area (Å²) in [5, 5.41) is 18.1. The van der Waals surface area contributed by atoms with Gasteiger partial charge in [-0.05, 0) is 43.0 Å². The first kappa shape index (κ1) is 14.0. The fourth-order valence-corrected chi connectivity index (χ4v) is 2.95. The fourth-order valence-electron chi connectivity index (χ4n) is 2.95. The predicted octanol–water partition coefficient (Wildman–Crippen LogP) is 2.60. The second kappa shape index (κ2) is 6.70. The lowest BCUT2D eigenvalue weighted by Crippen LogP contribution is -2.35. The molecule has 0 heterocycles. The fraction of sp³-hybridized carbons (Fsp3) is 0.562. The van der Waals surface area contributed by atoms with Crippen LogP contribution in [0.25, 0.3) is 0 Å². The summed E-state index contributed by atoms with van der Waals surface area (Å²) in [7, 11) is 0. The molecule has 1 aliphatic rings. The number of hydrogen-bond acceptors (Lipinski definition) is 3. The molecular formula is C16H22N2O. The third kappa shape index (κ3) is 3.56. The van der Waals surface area contributed by atoms with Crippen LogP contribution < -0.4 is 0 Å². The van der Waals surface area contributed by atoms with Crippen molar-refractivity contribution in [3.05, 3.63) is 34.9 Å². The van der Waals surface area contributed by atoms with Gasteiger partial charge in [0.05, 0.1) is 18.2 Å². The molecule has 0 aliphatic heterocycles.